The lowest BCUT2D eigenvalue weighted by molar-refractivity contribution is -0.0821. The van der Waals surface area contributed by atoms with Crippen LogP contribution in [0.5, 0.6) is 0 Å². The number of nitrogens with zero attached hydrogens (tertiary/aromatic N) is 1. The summed E-state index contributed by atoms with van der Waals surface area (Å²) in [7, 11) is 0. The molecule has 1 fully saturated rings. The van der Waals surface area contributed by atoms with Crippen LogP contribution in [0.4, 0.5) is 0 Å². The molecule has 0 amide bonds. The maximum atomic E-state index is 9.09. The van der Waals surface area contributed by atoms with E-state index in [1.54, 1.807) is 0 Å². The normalized spacial score (nSPS) is 23.5. The van der Waals surface area contributed by atoms with E-state index in [1.165, 1.54) is 5.56 Å². The fraction of sp³-hybridized carbons (Fsp3) is 0.588. The summed E-state index contributed by atoms with van der Waals surface area (Å²) in [6.07, 6.45) is 3.81. The first-order valence-corrected chi connectivity index (χ1v) is 7.15. The largest absolute Gasteiger partial charge is 0.376 e. The zero-order valence-electron chi connectivity index (χ0n) is 11.9. The van der Waals surface area contributed by atoms with E-state index in [9.17, 15) is 0 Å². The number of ether oxygens (including phenoxy) is 1. The molecule has 0 bridgehead atoms. The highest BCUT2D eigenvalue weighted by Gasteiger charge is 2.33. The van der Waals surface area contributed by atoms with Crippen molar-refractivity contribution in [2.45, 2.75) is 45.1 Å². The van der Waals surface area contributed by atoms with Crippen molar-refractivity contribution in [1.82, 2.24) is 0 Å². The van der Waals surface area contributed by atoms with Crippen LogP contribution >= 0.6 is 0 Å². The third-order valence-corrected chi connectivity index (χ3v) is 4.10. The zero-order valence-corrected chi connectivity index (χ0v) is 11.9. The van der Waals surface area contributed by atoms with Gasteiger partial charge in [-0.15, -0.1) is 0 Å². The molecule has 0 radical (unpaired) electrons. The molecule has 2 nitrogen and oxygen atoms in total. The van der Waals surface area contributed by atoms with Gasteiger partial charge in [-0.2, -0.15) is 5.26 Å². The molecule has 2 atom stereocenters. The molecule has 1 aliphatic rings. The van der Waals surface area contributed by atoms with Gasteiger partial charge in [0.15, 0.2) is 0 Å². The summed E-state index contributed by atoms with van der Waals surface area (Å²) in [4.78, 5) is 0. The third-order valence-electron chi connectivity index (χ3n) is 4.10. The van der Waals surface area contributed by atoms with Crippen molar-refractivity contribution in [2.75, 3.05) is 6.61 Å². The van der Waals surface area contributed by atoms with E-state index < -0.39 is 0 Å². The van der Waals surface area contributed by atoms with Crippen molar-refractivity contribution >= 4 is 0 Å². The minimum atomic E-state index is -0.0344. The molecular weight excluding hydrogens is 234 g/mol. The van der Waals surface area contributed by atoms with Gasteiger partial charge in [0.1, 0.15) is 0 Å². The van der Waals surface area contributed by atoms with Gasteiger partial charge in [-0.3, -0.25) is 0 Å². The van der Waals surface area contributed by atoms with Gasteiger partial charge >= 0.3 is 0 Å². The SMILES string of the molecule is CC1(C)C[C@@H]([C@H](CC#N)Cc2ccccc2)CCO1. The van der Waals surface area contributed by atoms with E-state index in [0.29, 0.717) is 18.3 Å². The zero-order chi connectivity index (χ0) is 13.7. The lowest BCUT2D eigenvalue weighted by Crippen LogP contribution is -2.37. The summed E-state index contributed by atoms with van der Waals surface area (Å²) >= 11 is 0. The first kappa shape index (κ1) is 14.1. The van der Waals surface area contributed by atoms with Gasteiger partial charge in [-0.1, -0.05) is 30.3 Å². The summed E-state index contributed by atoms with van der Waals surface area (Å²) in [5.41, 5.74) is 1.31. The van der Waals surface area contributed by atoms with Gasteiger partial charge in [0, 0.05) is 13.0 Å². The maximum Gasteiger partial charge on any atom is 0.0629 e. The molecule has 0 unspecified atom stereocenters. The minimum Gasteiger partial charge on any atom is -0.376 e. The van der Waals surface area contributed by atoms with Crippen LogP contribution in [-0.4, -0.2) is 12.2 Å². The Morgan fingerprint density at radius 2 is 2.11 bits per heavy atom. The Morgan fingerprint density at radius 3 is 2.74 bits per heavy atom. The van der Waals surface area contributed by atoms with Crippen molar-refractivity contribution in [1.29, 1.82) is 5.26 Å². The number of benzene rings is 1. The number of rotatable bonds is 4. The highest BCUT2D eigenvalue weighted by atomic mass is 16.5. The fourth-order valence-electron chi connectivity index (χ4n) is 3.12. The minimum absolute atomic E-state index is 0.0344. The highest BCUT2D eigenvalue weighted by Crippen LogP contribution is 2.36. The van der Waals surface area contributed by atoms with Gasteiger partial charge in [-0.05, 0) is 50.5 Å². The molecule has 1 aromatic rings. The predicted molar refractivity (Wildman–Crippen MR) is 76.6 cm³/mol. The molecule has 0 spiro atoms. The van der Waals surface area contributed by atoms with E-state index in [-0.39, 0.29) is 5.60 Å². The molecule has 1 aliphatic heterocycles. The van der Waals surface area contributed by atoms with Crippen molar-refractivity contribution in [3.63, 3.8) is 0 Å². The predicted octanol–water partition coefficient (Wildman–Crippen LogP) is 3.96. The van der Waals surface area contributed by atoms with Crippen LogP contribution < -0.4 is 0 Å². The molecule has 102 valence electrons. The Bertz CT molecular complexity index is 432. The van der Waals surface area contributed by atoms with Crippen molar-refractivity contribution in [2.24, 2.45) is 11.8 Å². The van der Waals surface area contributed by atoms with E-state index in [4.69, 9.17) is 10.00 Å². The molecule has 0 saturated carbocycles. The van der Waals surface area contributed by atoms with Crippen LogP contribution in [0.2, 0.25) is 0 Å². The Balaban J connectivity index is 2.05. The van der Waals surface area contributed by atoms with Crippen LogP contribution in [0.15, 0.2) is 30.3 Å². The summed E-state index contributed by atoms with van der Waals surface area (Å²) in [5, 5.41) is 9.09. The second kappa shape index (κ2) is 6.21. The van der Waals surface area contributed by atoms with Gasteiger partial charge < -0.3 is 4.74 Å². The maximum absolute atomic E-state index is 9.09. The van der Waals surface area contributed by atoms with Crippen molar-refractivity contribution in [3.05, 3.63) is 35.9 Å². The second-order valence-corrected chi connectivity index (χ2v) is 6.17. The number of hydrogen-bond acceptors (Lipinski definition) is 2. The molecule has 1 heterocycles. The van der Waals surface area contributed by atoms with E-state index in [0.717, 1.165) is 25.9 Å². The topological polar surface area (TPSA) is 33.0 Å². The standard InChI is InChI=1S/C17H23NO/c1-17(2)13-16(9-11-19-17)15(8-10-18)12-14-6-4-3-5-7-14/h3-7,15-16H,8-9,11-13H2,1-2H3/t15-,16+/m1/s1. The Morgan fingerprint density at radius 1 is 1.37 bits per heavy atom. The van der Waals surface area contributed by atoms with Gasteiger partial charge in [0.2, 0.25) is 0 Å². The average Bonchev–Trinajstić information content (AvgIpc) is 2.38. The van der Waals surface area contributed by atoms with Crippen LogP contribution in [0.1, 0.15) is 38.7 Å². The van der Waals surface area contributed by atoms with E-state index >= 15 is 0 Å². The Labute approximate surface area is 116 Å². The van der Waals surface area contributed by atoms with E-state index in [1.807, 2.05) is 6.07 Å². The van der Waals surface area contributed by atoms with Crippen LogP contribution in [0.25, 0.3) is 0 Å². The lowest BCUT2D eigenvalue weighted by Gasteiger charge is -2.38. The molecule has 0 aliphatic carbocycles. The molecule has 2 rings (SSSR count). The number of nitriles is 1. The van der Waals surface area contributed by atoms with Crippen molar-refractivity contribution in [3.8, 4) is 6.07 Å². The van der Waals surface area contributed by atoms with Gasteiger partial charge in [0.05, 0.1) is 11.7 Å². The Kier molecular flexibility index (Phi) is 4.61. The average molecular weight is 257 g/mol. The van der Waals surface area contributed by atoms with Crippen molar-refractivity contribution < 1.29 is 4.74 Å². The monoisotopic (exact) mass is 257 g/mol. The smallest absolute Gasteiger partial charge is 0.0629 e. The van der Waals surface area contributed by atoms with Crippen LogP contribution in [0.3, 0.4) is 0 Å². The first-order valence-electron chi connectivity index (χ1n) is 7.15. The first-order chi connectivity index (χ1) is 9.11. The molecule has 19 heavy (non-hydrogen) atoms. The summed E-state index contributed by atoms with van der Waals surface area (Å²) < 4.78 is 5.79. The number of hydrogen-bond donors (Lipinski definition) is 0. The summed E-state index contributed by atoms with van der Waals surface area (Å²) in [6.45, 7) is 5.14. The summed E-state index contributed by atoms with van der Waals surface area (Å²) in [6, 6.07) is 12.9. The lowest BCUT2D eigenvalue weighted by atomic mass is 9.76. The quantitative estimate of drug-likeness (QED) is 0.817. The Hall–Kier alpha value is -1.33. The molecule has 1 aromatic carbocycles. The van der Waals surface area contributed by atoms with Gasteiger partial charge in [-0.25, -0.2) is 0 Å². The highest BCUT2D eigenvalue weighted by molar-refractivity contribution is 5.15. The molecule has 0 aromatic heterocycles. The van der Waals surface area contributed by atoms with Crippen LogP contribution in [-0.2, 0) is 11.2 Å². The van der Waals surface area contributed by atoms with Gasteiger partial charge in [0.25, 0.3) is 0 Å². The van der Waals surface area contributed by atoms with Crippen LogP contribution in [0, 0.1) is 23.2 Å². The molecule has 1 saturated heterocycles. The summed E-state index contributed by atoms with van der Waals surface area (Å²) in [5.74, 6) is 1.05. The fourth-order valence-corrected chi connectivity index (χ4v) is 3.12. The molecule has 2 heteroatoms. The second-order valence-electron chi connectivity index (χ2n) is 6.17. The van der Waals surface area contributed by atoms with E-state index in [2.05, 4.69) is 44.2 Å². The third kappa shape index (κ3) is 4.08. The molecule has 0 N–H and O–H groups in total. The molecular formula is C17H23NO.